The molecule has 8 heteroatoms. The van der Waals surface area contributed by atoms with Crippen molar-refractivity contribution >= 4 is 21.6 Å². The molecule has 162 valence electrons. The number of hydrogen-bond donors (Lipinski definition) is 2. The van der Waals surface area contributed by atoms with E-state index in [0.29, 0.717) is 11.4 Å². The van der Waals surface area contributed by atoms with Crippen LogP contribution in [0, 0.1) is 0 Å². The van der Waals surface area contributed by atoms with Crippen molar-refractivity contribution in [1.82, 2.24) is 4.72 Å². The summed E-state index contributed by atoms with van der Waals surface area (Å²) >= 11 is 0. The topological polar surface area (TPSA) is 93.7 Å². The molecular weight excluding hydrogens is 416 g/mol. The van der Waals surface area contributed by atoms with Gasteiger partial charge in [0.25, 0.3) is 0 Å². The molecule has 7 nitrogen and oxygen atoms in total. The average molecular weight is 441 g/mol. The normalized spacial score (nSPS) is 12.1. The summed E-state index contributed by atoms with van der Waals surface area (Å²) in [5, 5.41) is 2.77. The van der Waals surface area contributed by atoms with Gasteiger partial charge >= 0.3 is 0 Å². The molecule has 0 saturated carbocycles. The Bertz CT molecular complexity index is 1120. The lowest BCUT2D eigenvalue weighted by Crippen LogP contribution is -2.45. The second-order valence-electron chi connectivity index (χ2n) is 6.74. The summed E-state index contributed by atoms with van der Waals surface area (Å²) in [5.74, 6) is 0.224. The number of sulfonamides is 1. The monoisotopic (exact) mass is 440 g/mol. The highest BCUT2D eigenvalue weighted by Crippen LogP contribution is 2.29. The Kier molecular flexibility index (Phi) is 7.28. The summed E-state index contributed by atoms with van der Waals surface area (Å²) in [5.41, 5.74) is 1.40. The first-order chi connectivity index (χ1) is 14.9. The van der Waals surface area contributed by atoms with Crippen LogP contribution in [0.4, 0.5) is 5.69 Å². The molecule has 0 fully saturated rings. The van der Waals surface area contributed by atoms with Crippen molar-refractivity contribution in [3.05, 3.63) is 84.4 Å². The number of hydrogen-bond acceptors (Lipinski definition) is 5. The van der Waals surface area contributed by atoms with Crippen LogP contribution < -0.4 is 19.5 Å². The molecule has 0 aliphatic heterocycles. The molecule has 3 aromatic rings. The van der Waals surface area contributed by atoms with Gasteiger partial charge < -0.3 is 14.8 Å². The van der Waals surface area contributed by atoms with Crippen molar-refractivity contribution in [3.63, 3.8) is 0 Å². The molecule has 1 amide bonds. The Hall–Kier alpha value is -3.36. The zero-order valence-electron chi connectivity index (χ0n) is 17.2. The third-order valence-corrected chi connectivity index (χ3v) is 6.07. The highest BCUT2D eigenvalue weighted by molar-refractivity contribution is 7.89. The molecule has 0 heterocycles. The fraction of sp³-hybridized carbons (Fsp3) is 0.174. The van der Waals surface area contributed by atoms with Gasteiger partial charge in [0.1, 0.15) is 6.04 Å². The van der Waals surface area contributed by atoms with E-state index in [1.165, 1.54) is 32.4 Å². The lowest BCUT2D eigenvalue weighted by molar-refractivity contribution is -0.117. The Morgan fingerprint density at radius 1 is 0.871 bits per heavy atom. The summed E-state index contributed by atoms with van der Waals surface area (Å²) in [6.45, 7) is 0. The van der Waals surface area contributed by atoms with Gasteiger partial charge in [0.15, 0.2) is 11.5 Å². The van der Waals surface area contributed by atoms with Crippen molar-refractivity contribution in [1.29, 1.82) is 0 Å². The average Bonchev–Trinajstić information content (AvgIpc) is 2.79. The molecule has 0 saturated heterocycles. The summed E-state index contributed by atoms with van der Waals surface area (Å²) in [4.78, 5) is 12.9. The van der Waals surface area contributed by atoms with Crippen LogP contribution in [0.3, 0.4) is 0 Å². The second kappa shape index (κ2) is 10.1. The number of para-hydroxylation sites is 1. The van der Waals surface area contributed by atoms with Gasteiger partial charge in [0.2, 0.25) is 15.9 Å². The van der Waals surface area contributed by atoms with Gasteiger partial charge in [-0.3, -0.25) is 4.79 Å². The molecule has 0 radical (unpaired) electrons. The lowest BCUT2D eigenvalue weighted by atomic mass is 10.1. The number of rotatable bonds is 9. The van der Waals surface area contributed by atoms with Crippen LogP contribution in [0.2, 0.25) is 0 Å². The van der Waals surface area contributed by atoms with Crippen molar-refractivity contribution in [2.24, 2.45) is 0 Å². The quantitative estimate of drug-likeness (QED) is 0.533. The maximum absolute atomic E-state index is 13.1. The fourth-order valence-electron chi connectivity index (χ4n) is 3.03. The zero-order valence-corrected chi connectivity index (χ0v) is 18.1. The Morgan fingerprint density at radius 3 is 2.10 bits per heavy atom. The molecule has 0 aliphatic rings. The van der Waals surface area contributed by atoms with Gasteiger partial charge in [0, 0.05) is 11.8 Å². The molecule has 31 heavy (non-hydrogen) atoms. The Labute approximate surface area is 182 Å². The fourth-order valence-corrected chi connectivity index (χ4v) is 4.24. The second-order valence-corrected chi connectivity index (χ2v) is 8.45. The van der Waals surface area contributed by atoms with Crippen LogP contribution in [-0.2, 0) is 21.2 Å². The Balaban J connectivity index is 1.88. The highest BCUT2D eigenvalue weighted by Gasteiger charge is 2.27. The first-order valence-electron chi connectivity index (χ1n) is 9.57. The molecule has 2 N–H and O–H groups in total. The first kappa shape index (κ1) is 22.3. The summed E-state index contributed by atoms with van der Waals surface area (Å²) in [6.07, 6.45) is 0.187. The lowest BCUT2D eigenvalue weighted by Gasteiger charge is -2.19. The summed E-state index contributed by atoms with van der Waals surface area (Å²) < 4.78 is 39.0. The van der Waals surface area contributed by atoms with E-state index in [1.807, 2.05) is 36.4 Å². The summed E-state index contributed by atoms with van der Waals surface area (Å²) in [6, 6.07) is 21.3. The number of amides is 1. The zero-order chi connectivity index (χ0) is 22.3. The van der Waals surface area contributed by atoms with E-state index in [2.05, 4.69) is 10.0 Å². The standard InChI is InChI=1S/C23H24N2O5S/c1-29-21-14-13-19(16-22(21)30-2)31(27,28)25-20(15-17-9-5-3-6-10-17)23(26)24-18-11-7-4-8-12-18/h3-14,16,20,25H,15H2,1-2H3,(H,24,26)/t20-/m0/s1. The van der Waals surface area contributed by atoms with Gasteiger partial charge in [-0.15, -0.1) is 0 Å². The Morgan fingerprint density at radius 2 is 1.48 bits per heavy atom. The van der Waals surface area contributed by atoms with Crippen molar-refractivity contribution in [2.45, 2.75) is 17.4 Å². The van der Waals surface area contributed by atoms with Crippen molar-refractivity contribution < 1.29 is 22.7 Å². The van der Waals surface area contributed by atoms with Crippen molar-refractivity contribution in [3.8, 4) is 11.5 Å². The molecule has 0 spiro atoms. The third-order valence-electron chi connectivity index (χ3n) is 4.60. The molecule has 0 bridgehead atoms. The molecule has 0 aliphatic carbocycles. The smallest absolute Gasteiger partial charge is 0.242 e. The predicted octanol–water partition coefficient (Wildman–Crippen LogP) is 3.23. The van der Waals surface area contributed by atoms with Crippen LogP contribution in [0.1, 0.15) is 5.56 Å². The number of carbonyl (C=O) groups excluding carboxylic acids is 1. The molecule has 3 aromatic carbocycles. The minimum Gasteiger partial charge on any atom is -0.493 e. The maximum Gasteiger partial charge on any atom is 0.242 e. The predicted molar refractivity (Wildman–Crippen MR) is 119 cm³/mol. The number of carbonyl (C=O) groups is 1. The largest absolute Gasteiger partial charge is 0.493 e. The van der Waals surface area contributed by atoms with Crippen LogP contribution in [-0.4, -0.2) is 34.6 Å². The van der Waals surface area contributed by atoms with E-state index in [1.54, 1.807) is 24.3 Å². The van der Waals surface area contributed by atoms with Gasteiger partial charge in [-0.25, -0.2) is 8.42 Å². The maximum atomic E-state index is 13.1. The molecular formula is C23H24N2O5S. The summed E-state index contributed by atoms with van der Waals surface area (Å²) in [7, 11) is -1.13. The molecule has 3 rings (SSSR count). The molecule has 0 aromatic heterocycles. The first-order valence-corrected chi connectivity index (χ1v) is 11.1. The number of anilines is 1. The van der Waals surface area contributed by atoms with E-state index in [0.717, 1.165) is 5.56 Å². The number of methoxy groups -OCH3 is 2. The highest BCUT2D eigenvalue weighted by atomic mass is 32.2. The third kappa shape index (κ3) is 5.84. The number of benzene rings is 3. The van der Waals surface area contributed by atoms with Crippen LogP contribution in [0.5, 0.6) is 11.5 Å². The van der Waals surface area contributed by atoms with E-state index in [4.69, 9.17) is 9.47 Å². The van der Waals surface area contributed by atoms with Crippen molar-refractivity contribution in [2.75, 3.05) is 19.5 Å². The van der Waals surface area contributed by atoms with E-state index < -0.39 is 22.0 Å². The van der Waals surface area contributed by atoms with Gasteiger partial charge in [-0.1, -0.05) is 48.5 Å². The van der Waals surface area contributed by atoms with Gasteiger partial charge in [-0.05, 0) is 36.2 Å². The van der Waals surface area contributed by atoms with Crippen LogP contribution in [0.15, 0.2) is 83.8 Å². The van der Waals surface area contributed by atoms with Crippen LogP contribution in [0.25, 0.3) is 0 Å². The molecule has 1 atom stereocenters. The minimum atomic E-state index is -4.02. The van der Waals surface area contributed by atoms with Gasteiger partial charge in [-0.2, -0.15) is 4.72 Å². The number of ether oxygens (including phenoxy) is 2. The van der Waals surface area contributed by atoms with E-state index in [-0.39, 0.29) is 17.1 Å². The van der Waals surface area contributed by atoms with Gasteiger partial charge in [0.05, 0.1) is 19.1 Å². The SMILES string of the molecule is COc1ccc(S(=O)(=O)N[C@@H](Cc2ccccc2)C(=O)Nc2ccccc2)cc1OC. The van der Waals surface area contributed by atoms with Crippen LogP contribution >= 0.6 is 0 Å². The molecule has 0 unspecified atom stereocenters. The minimum absolute atomic E-state index is 0.0317. The van der Waals surface area contributed by atoms with E-state index >= 15 is 0 Å². The van der Waals surface area contributed by atoms with E-state index in [9.17, 15) is 13.2 Å². The number of nitrogens with one attached hydrogen (secondary N) is 2.